The number of rotatable bonds is 6. The molecule has 3 nitrogen and oxygen atoms in total. The van der Waals surface area contributed by atoms with Crippen molar-refractivity contribution in [2.75, 3.05) is 0 Å². The van der Waals surface area contributed by atoms with E-state index in [1.807, 2.05) is 19.9 Å². The summed E-state index contributed by atoms with van der Waals surface area (Å²) in [5.41, 5.74) is 0.373. The molecule has 0 bridgehead atoms. The maximum Gasteiger partial charge on any atom is 0.310 e. The third-order valence-corrected chi connectivity index (χ3v) is 5.41. The highest BCUT2D eigenvalue weighted by Gasteiger charge is 2.61. The highest BCUT2D eigenvalue weighted by Crippen LogP contribution is 2.60. The minimum absolute atomic E-state index is 0.0672. The monoisotopic (exact) mass is 422 g/mol. The fourth-order valence-electron chi connectivity index (χ4n) is 3.36. The molecule has 0 radical (unpaired) electrons. The Hall–Kier alpha value is -2.04. The van der Waals surface area contributed by atoms with Crippen molar-refractivity contribution in [3.05, 3.63) is 70.5 Å². The Kier molecular flexibility index (Phi) is 6.01. The summed E-state index contributed by atoms with van der Waals surface area (Å²) in [6, 6.07) is 13.4. The molecule has 0 saturated heterocycles. The first-order valence-corrected chi connectivity index (χ1v) is 9.71. The van der Waals surface area contributed by atoms with E-state index in [0.717, 1.165) is 0 Å². The molecule has 148 valence electrons. The summed E-state index contributed by atoms with van der Waals surface area (Å²) in [4.78, 5) is 12.6. The molecule has 0 aliphatic heterocycles. The smallest absolute Gasteiger partial charge is 0.310 e. The van der Waals surface area contributed by atoms with Crippen molar-refractivity contribution in [3.63, 3.8) is 0 Å². The number of carbonyl (C=O) groups excluding carboxylic acids is 1. The summed E-state index contributed by atoms with van der Waals surface area (Å²) in [6.45, 7) is 5.67. The average Bonchev–Trinajstić information content (AvgIpc) is 3.17. The predicted molar refractivity (Wildman–Crippen MR) is 108 cm³/mol. The molecule has 1 aliphatic carbocycles. The third kappa shape index (κ3) is 4.50. The number of halogens is 3. The third-order valence-electron chi connectivity index (χ3n) is 5.16. The van der Waals surface area contributed by atoms with Gasteiger partial charge >= 0.3 is 5.97 Å². The lowest BCUT2D eigenvalue weighted by atomic mass is 10.1. The van der Waals surface area contributed by atoms with E-state index in [9.17, 15) is 9.18 Å². The molecule has 3 unspecified atom stereocenters. The second kappa shape index (κ2) is 8.14. The van der Waals surface area contributed by atoms with Gasteiger partial charge in [-0.3, -0.25) is 4.79 Å². The molecule has 3 rings (SSSR count). The fourth-order valence-corrected chi connectivity index (χ4v) is 3.63. The van der Waals surface area contributed by atoms with Crippen LogP contribution >= 0.6 is 23.2 Å². The lowest BCUT2D eigenvalue weighted by Gasteiger charge is -2.16. The van der Waals surface area contributed by atoms with Gasteiger partial charge in [-0.15, -0.1) is 0 Å². The number of carbonyl (C=O) groups is 1. The fraction of sp³-hybridized carbons (Fsp3) is 0.318. The van der Waals surface area contributed by atoms with Gasteiger partial charge in [0.1, 0.15) is 16.3 Å². The van der Waals surface area contributed by atoms with Gasteiger partial charge in [-0.25, -0.2) is 4.39 Å². The Balaban J connectivity index is 1.71. The number of allylic oxidation sites excluding steroid dienone is 1. The number of hydrogen-bond donors (Lipinski definition) is 0. The van der Waals surface area contributed by atoms with Crippen LogP contribution < -0.4 is 4.74 Å². The number of esters is 1. The molecular formula is C22H21Cl2FO3. The highest BCUT2D eigenvalue weighted by atomic mass is 35.5. The minimum Gasteiger partial charge on any atom is -0.458 e. The molecule has 2 aromatic rings. The largest absolute Gasteiger partial charge is 0.458 e. The molecule has 1 aliphatic rings. The van der Waals surface area contributed by atoms with Crippen molar-refractivity contribution in [2.24, 2.45) is 17.3 Å². The predicted octanol–water partition coefficient (Wildman–Crippen LogP) is 6.81. The zero-order valence-corrected chi connectivity index (χ0v) is 17.3. The zero-order valence-electron chi connectivity index (χ0n) is 15.8. The number of para-hydroxylation sites is 1. The van der Waals surface area contributed by atoms with Gasteiger partial charge in [0.15, 0.2) is 11.6 Å². The molecular weight excluding hydrogens is 402 g/mol. The SMILES string of the molecule is CC(OC(=O)C1C(C=C(Cl)Cl)C1(C)C)c1ccc(F)c(Oc2ccccc2)c1. The van der Waals surface area contributed by atoms with E-state index in [1.165, 1.54) is 6.07 Å². The van der Waals surface area contributed by atoms with Crippen LogP contribution in [0.1, 0.15) is 32.4 Å². The Morgan fingerprint density at radius 1 is 1.18 bits per heavy atom. The van der Waals surface area contributed by atoms with Crippen molar-refractivity contribution < 1.29 is 18.7 Å². The number of ether oxygens (including phenoxy) is 2. The second-order valence-electron chi connectivity index (χ2n) is 7.47. The molecule has 0 aromatic heterocycles. The topological polar surface area (TPSA) is 35.5 Å². The zero-order chi connectivity index (χ0) is 20.5. The molecule has 1 fully saturated rings. The summed E-state index contributed by atoms with van der Waals surface area (Å²) in [5.74, 6) is -0.603. The van der Waals surface area contributed by atoms with Gasteiger partial charge in [-0.1, -0.05) is 61.3 Å². The van der Waals surface area contributed by atoms with Crippen LogP contribution in [0.5, 0.6) is 11.5 Å². The van der Waals surface area contributed by atoms with Gasteiger partial charge in [0.25, 0.3) is 0 Å². The Bertz CT molecular complexity index is 892. The van der Waals surface area contributed by atoms with E-state index >= 15 is 0 Å². The first-order valence-electron chi connectivity index (χ1n) is 8.96. The quantitative estimate of drug-likeness (QED) is 0.479. The van der Waals surface area contributed by atoms with Crippen LogP contribution in [0.25, 0.3) is 0 Å². The lowest BCUT2D eigenvalue weighted by molar-refractivity contribution is -0.151. The van der Waals surface area contributed by atoms with Gasteiger partial charge in [0, 0.05) is 0 Å². The van der Waals surface area contributed by atoms with Crippen molar-refractivity contribution >= 4 is 29.2 Å². The summed E-state index contributed by atoms with van der Waals surface area (Å²) >= 11 is 11.5. The van der Waals surface area contributed by atoms with Crippen LogP contribution in [-0.4, -0.2) is 5.97 Å². The van der Waals surface area contributed by atoms with E-state index in [-0.39, 0.29) is 33.5 Å². The molecule has 0 N–H and O–H groups in total. The van der Waals surface area contributed by atoms with E-state index in [0.29, 0.717) is 11.3 Å². The van der Waals surface area contributed by atoms with Gasteiger partial charge in [0.05, 0.1) is 5.92 Å². The molecule has 0 spiro atoms. The van der Waals surface area contributed by atoms with E-state index < -0.39 is 11.9 Å². The van der Waals surface area contributed by atoms with Crippen LogP contribution in [0.4, 0.5) is 4.39 Å². The highest BCUT2D eigenvalue weighted by molar-refractivity contribution is 6.55. The Morgan fingerprint density at radius 3 is 2.50 bits per heavy atom. The maximum atomic E-state index is 14.1. The van der Waals surface area contributed by atoms with E-state index in [2.05, 4.69) is 0 Å². The Morgan fingerprint density at radius 2 is 1.86 bits per heavy atom. The van der Waals surface area contributed by atoms with Gasteiger partial charge in [-0.05, 0) is 54.2 Å². The summed E-state index contributed by atoms with van der Waals surface area (Å²) < 4.78 is 25.5. The van der Waals surface area contributed by atoms with Crippen LogP contribution in [0.3, 0.4) is 0 Å². The average molecular weight is 423 g/mol. The number of hydrogen-bond acceptors (Lipinski definition) is 3. The van der Waals surface area contributed by atoms with Crippen molar-refractivity contribution in [3.8, 4) is 11.5 Å². The van der Waals surface area contributed by atoms with Crippen LogP contribution in [-0.2, 0) is 9.53 Å². The van der Waals surface area contributed by atoms with E-state index in [1.54, 1.807) is 49.4 Å². The lowest BCUT2D eigenvalue weighted by Crippen LogP contribution is -2.13. The van der Waals surface area contributed by atoms with Gasteiger partial charge < -0.3 is 9.47 Å². The summed E-state index contributed by atoms with van der Waals surface area (Å²) in [5, 5.41) is 0. The molecule has 1 saturated carbocycles. The van der Waals surface area contributed by atoms with Crippen molar-refractivity contribution in [2.45, 2.75) is 26.9 Å². The maximum absolute atomic E-state index is 14.1. The van der Waals surface area contributed by atoms with Gasteiger partial charge in [-0.2, -0.15) is 0 Å². The molecule has 0 heterocycles. The molecule has 6 heteroatoms. The van der Waals surface area contributed by atoms with Crippen LogP contribution in [0.15, 0.2) is 59.1 Å². The summed E-state index contributed by atoms with van der Waals surface area (Å²) in [7, 11) is 0. The molecule has 28 heavy (non-hydrogen) atoms. The number of benzene rings is 2. The second-order valence-corrected chi connectivity index (χ2v) is 8.47. The first-order chi connectivity index (χ1) is 13.2. The minimum atomic E-state index is -0.557. The first kappa shape index (κ1) is 20.7. The normalized spacial score (nSPS) is 20.8. The van der Waals surface area contributed by atoms with Crippen LogP contribution in [0, 0.1) is 23.1 Å². The Labute approximate surface area is 174 Å². The molecule has 2 aromatic carbocycles. The molecule has 0 amide bonds. The standard InChI is InChI=1S/C22H21Cl2FO3/c1-13(27-21(26)20-16(12-19(23)24)22(20,2)3)14-9-10-17(25)18(11-14)28-15-7-5-4-6-8-15/h4-13,16,20H,1-3H3. The van der Waals surface area contributed by atoms with Crippen LogP contribution in [0.2, 0.25) is 0 Å². The molecule has 3 atom stereocenters. The summed E-state index contributed by atoms with van der Waals surface area (Å²) in [6.07, 6.45) is 1.11. The van der Waals surface area contributed by atoms with Crippen molar-refractivity contribution in [1.82, 2.24) is 0 Å². The van der Waals surface area contributed by atoms with E-state index in [4.69, 9.17) is 32.7 Å². The van der Waals surface area contributed by atoms with Crippen molar-refractivity contribution in [1.29, 1.82) is 0 Å². The van der Waals surface area contributed by atoms with Gasteiger partial charge in [0.2, 0.25) is 0 Å².